The summed E-state index contributed by atoms with van der Waals surface area (Å²) in [5.74, 6) is 1.33. The predicted octanol–water partition coefficient (Wildman–Crippen LogP) is 5.36. The summed E-state index contributed by atoms with van der Waals surface area (Å²) in [6.45, 7) is 1.30. The molecule has 0 N–H and O–H groups in total. The highest BCUT2D eigenvalue weighted by Gasteiger charge is 2.27. The summed E-state index contributed by atoms with van der Waals surface area (Å²) in [6.07, 6.45) is 6.55. The van der Waals surface area contributed by atoms with Crippen molar-refractivity contribution in [1.29, 1.82) is 0 Å². The first-order chi connectivity index (χ1) is 13.1. The predicted molar refractivity (Wildman–Crippen MR) is 108 cm³/mol. The van der Waals surface area contributed by atoms with Crippen molar-refractivity contribution in [2.75, 3.05) is 0 Å². The molecule has 0 aliphatic carbocycles. The van der Waals surface area contributed by atoms with Gasteiger partial charge < -0.3 is 0 Å². The second-order valence-electron chi connectivity index (χ2n) is 6.94. The van der Waals surface area contributed by atoms with Gasteiger partial charge in [-0.2, -0.15) is 0 Å². The number of ketones is 1. The van der Waals surface area contributed by atoms with E-state index >= 15 is 0 Å². The number of benzene rings is 2. The zero-order valence-corrected chi connectivity index (χ0v) is 16.5. The van der Waals surface area contributed by atoms with Crippen molar-refractivity contribution >= 4 is 29.0 Å². The Morgan fingerprint density at radius 1 is 1.00 bits per heavy atom. The number of carbonyl (C=O) groups excluding carboxylic acids is 1. The number of carbonyl (C=O) groups is 1. The quantitative estimate of drug-likeness (QED) is 0.428. The molecule has 1 aliphatic heterocycles. The van der Waals surface area contributed by atoms with Crippen LogP contribution in [0.5, 0.6) is 0 Å². The zero-order valence-electron chi connectivity index (χ0n) is 15.0. The molecule has 2 heterocycles. The molecule has 4 rings (SSSR count). The van der Waals surface area contributed by atoms with E-state index in [9.17, 15) is 4.79 Å². The van der Waals surface area contributed by atoms with Crippen LogP contribution in [0.15, 0.2) is 54.7 Å². The van der Waals surface area contributed by atoms with Gasteiger partial charge in [0, 0.05) is 17.5 Å². The lowest BCUT2D eigenvalue weighted by molar-refractivity contribution is -0.690. The maximum absolute atomic E-state index is 12.8. The molecule has 2 aromatic carbocycles. The van der Waals surface area contributed by atoms with Crippen molar-refractivity contribution in [3.63, 3.8) is 0 Å². The number of hydrogen-bond donors (Lipinski definition) is 0. The van der Waals surface area contributed by atoms with E-state index in [0.717, 1.165) is 42.6 Å². The van der Waals surface area contributed by atoms with Gasteiger partial charge in [0.25, 0.3) is 5.82 Å². The number of nitrogens with zero attached hydrogens (tertiary/aromatic N) is 2. The third kappa shape index (κ3) is 3.80. The van der Waals surface area contributed by atoms with E-state index in [2.05, 4.69) is 15.3 Å². The van der Waals surface area contributed by atoms with Crippen LogP contribution in [0.2, 0.25) is 10.0 Å². The molecule has 3 nitrogen and oxygen atoms in total. The summed E-state index contributed by atoms with van der Waals surface area (Å²) >= 11 is 12.3. The van der Waals surface area contributed by atoms with Gasteiger partial charge in [0.2, 0.25) is 5.78 Å². The van der Waals surface area contributed by atoms with Crippen molar-refractivity contribution in [1.82, 2.24) is 4.57 Å². The van der Waals surface area contributed by atoms with Crippen LogP contribution in [0.4, 0.5) is 0 Å². The lowest BCUT2D eigenvalue weighted by atomic mass is 10.1. The molecule has 0 fully saturated rings. The Morgan fingerprint density at radius 3 is 2.59 bits per heavy atom. The van der Waals surface area contributed by atoms with Crippen LogP contribution in [0.3, 0.4) is 0 Å². The Hall–Kier alpha value is -2.10. The molecule has 0 bridgehead atoms. The minimum absolute atomic E-state index is 0.124. The molecular weight excluding hydrogens is 379 g/mol. The van der Waals surface area contributed by atoms with Crippen LogP contribution >= 0.6 is 23.2 Å². The molecule has 1 aromatic heterocycles. The minimum Gasteiger partial charge on any atom is -0.290 e. The first kappa shape index (κ1) is 18.3. The maximum Gasteiger partial charge on any atom is 0.257 e. The van der Waals surface area contributed by atoms with E-state index < -0.39 is 0 Å². The molecule has 138 valence electrons. The summed E-state index contributed by atoms with van der Waals surface area (Å²) in [5, 5.41) is 1.10. The van der Waals surface area contributed by atoms with Gasteiger partial charge >= 0.3 is 0 Å². The summed E-state index contributed by atoms with van der Waals surface area (Å²) in [6, 6.07) is 15.2. The Balaban J connectivity index is 1.75. The van der Waals surface area contributed by atoms with Crippen molar-refractivity contribution in [2.24, 2.45) is 0 Å². The zero-order chi connectivity index (χ0) is 18.8. The molecule has 1 aliphatic rings. The van der Waals surface area contributed by atoms with E-state index in [1.165, 1.54) is 12.2 Å². The van der Waals surface area contributed by atoms with E-state index in [4.69, 9.17) is 23.2 Å². The van der Waals surface area contributed by atoms with Crippen molar-refractivity contribution in [2.45, 2.75) is 38.8 Å². The highest BCUT2D eigenvalue weighted by Crippen LogP contribution is 2.30. The first-order valence-corrected chi connectivity index (χ1v) is 10.0. The fourth-order valence-corrected chi connectivity index (χ4v) is 4.03. The van der Waals surface area contributed by atoms with Crippen LogP contribution in [0.1, 0.15) is 35.4 Å². The smallest absolute Gasteiger partial charge is 0.257 e. The van der Waals surface area contributed by atoms with Gasteiger partial charge in [0.05, 0.1) is 16.6 Å². The second kappa shape index (κ2) is 7.87. The van der Waals surface area contributed by atoms with E-state index in [-0.39, 0.29) is 5.78 Å². The monoisotopic (exact) mass is 399 g/mol. The molecule has 27 heavy (non-hydrogen) atoms. The van der Waals surface area contributed by atoms with Gasteiger partial charge in [-0.25, -0.2) is 9.13 Å². The van der Waals surface area contributed by atoms with Gasteiger partial charge in [0.15, 0.2) is 12.2 Å². The summed E-state index contributed by atoms with van der Waals surface area (Å²) in [7, 11) is 0. The van der Waals surface area contributed by atoms with E-state index in [1.807, 2.05) is 48.5 Å². The topological polar surface area (TPSA) is 25.9 Å². The molecule has 0 saturated carbocycles. The lowest BCUT2D eigenvalue weighted by Gasteiger charge is -2.04. The molecule has 0 unspecified atom stereocenters. The van der Waals surface area contributed by atoms with Crippen LogP contribution in [0.25, 0.3) is 11.3 Å². The van der Waals surface area contributed by atoms with Gasteiger partial charge in [-0.3, -0.25) is 4.79 Å². The fraction of sp³-hybridized carbons (Fsp3) is 0.273. The standard InChI is InChI=1S/C22H21Cl2N2O/c23-18-11-10-17(13-19(18)24)20-14-25(22-9-5-2-6-12-26(20)22)15-21(27)16-7-3-1-4-8-16/h1,3-4,7-8,10-11,13-14H,2,5-6,9,12,15H2/q+1. The molecular formula is C22H21Cl2N2O+. The number of aromatic nitrogens is 2. The SMILES string of the molecule is O=C(C[n+]1cc(-c2ccc(Cl)c(Cl)c2)n2c1CCCCC2)c1ccccc1. The van der Waals surface area contributed by atoms with Crippen LogP contribution in [-0.2, 0) is 19.5 Å². The van der Waals surface area contributed by atoms with Gasteiger partial charge in [0.1, 0.15) is 6.20 Å². The van der Waals surface area contributed by atoms with Crippen LogP contribution < -0.4 is 4.57 Å². The first-order valence-electron chi connectivity index (χ1n) is 9.29. The van der Waals surface area contributed by atoms with Gasteiger partial charge in [-0.15, -0.1) is 0 Å². The minimum atomic E-state index is 0.124. The van der Waals surface area contributed by atoms with Crippen LogP contribution in [0, 0.1) is 0 Å². The Morgan fingerprint density at radius 2 is 1.81 bits per heavy atom. The number of halogens is 2. The Kier molecular flexibility index (Phi) is 5.33. The second-order valence-corrected chi connectivity index (χ2v) is 7.75. The fourth-order valence-electron chi connectivity index (χ4n) is 3.74. The molecule has 0 spiro atoms. The average molecular weight is 400 g/mol. The number of rotatable bonds is 4. The third-order valence-corrected chi connectivity index (χ3v) is 5.86. The Bertz CT molecular complexity index is 979. The highest BCUT2D eigenvalue weighted by atomic mass is 35.5. The van der Waals surface area contributed by atoms with Crippen molar-refractivity contribution < 1.29 is 9.36 Å². The molecule has 0 amide bonds. The van der Waals surface area contributed by atoms with E-state index in [0.29, 0.717) is 16.6 Å². The number of imidazole rings is 1. The van der Waals surface area contributed by atoms with Gasteiger partial charge in [-0.05, 0) is 37.5 Å². The van der Waals surface area contributed by atoms with Crippen molar-refractivity contribution in [3.8, 4) is 11.3 Å². The van der Waals surface area contributed by atoms with Crippen molar-refractivity contribution in [3.05, 3.63) is 76.2 Å². The molecule has 3 aromatic rings. The largest absolute Gasteiger partial charge is 0.290 e. The van der Waals surface area contributed by atoms with Gasteiger partial charge in [-0.1, -0.05) is 53.5 Å². The number of fused-ring (bicyclic) bond motifs is 1. The average Bonchev–Trinajstić information content (AvgIpc) is 2.86. The molecule has 0 radical (unpaired) electrons. The van der Waals surface area contributed by atoms with E-state index in [1.54, 1.807) is 0 Å². The maximum atomic E-state index is 12.8. The summed E-state index contributed by atoms with van der Waals surface area (Å²) in [5.41, 5.74) is 2.86. The molecule has 0 saturated heterocycles. The highest BCUT2D eigenvalue weighted by molar-refractivity contribution is 6.42. The lowest BCUT2D eigenvalue weighted by Crippen LogP contribution is -2.40. The number of Topliss-reactive ketones (excluding diaryl/α,β-unsaturated/α-hetero) is 1. The third-order valence-electron chi connectivity index (χ3n) is 5.12. The molecule has 0 atom stereocenters. The normalized spacial score (nSPS) is 13.9. The molecule has 5 heteroatoms. The Labute approximate surface area is 169 Å². The van der Waals surface area contributed by atoms with Crippen LogP contribution in [-0.4, -0.2) is 10.4 Å². The summed E-state index contributed by atoms with van der Waals surface area (Å²) in [4.78, 5) is 12.8. The summed E-state index contributed by atoms with van der Waals surface area (Å²) < 4.78 is 4.45. The number of hydrogen-bond acceptors (Lipinski definition) is 1.